The molecule has 0 saturated heterocycles. The largest absolute Gasteiger partial charge is 0.394 e. The molecular weight excluding hydrogens is 264 g/mol. The van der Waals surface area contributed by atoms with E-state index in [0.717, 1.165) is 0 Å². The molecule has 3 heteroatoms. The van der Waals surface area contributed by atoms with Crippen LogP contribution in [0.2, 0.25) is 0 Å². The van der Waals surface area contributed by atoms with E-state index in [1.807, 2.05) is 0 Å². The van der Waals surface area contributed by atoms with E-state index in [2.05, 4.69) is 65.4 Å². The topological polar surface area (TPSA) is 49.7 Å². The summed E-state index contributed by atoms with van der Waals surface area (Å²) in [5.41, 5.74) is 0. The summed E-state index contributed by atoms with van der Waals surface area (Å²) in [7, 11) is 0. The number of ether oxygens (including phenoxy) is 1. The van der Waals surface area contributed by atoms with Gasteiger partial charge in [-0.2, -0.15) is 0 Å². The Labute approximate surface area is 124 Å². The Morgan fingerprint density at radius 2 is 0.952 bits per heavy atom. The molecule has 0 aromatic heterocycles. The molecule has 2 N–H and O–H groups in total. The van der Waals surface area contributed by atoms with E-state index in [1.54, 1.807) is 0 Å². The molecule has 0 saturated carbocycles. The third kappa shape index (κ3) is 4.53. The summed E-state index contributed by atoms with van der Waals surface area (Å²) in [4.78, 5) is 0. The predicted octanol–water partition coefficient (Wildman–Crippen LogP) is 2.98. The molecule has 0 aliphatic heterocycles. The summed E-state index contributed by atoms with van der Waals surface area (Å²) in [5, 5.41) is 21.4. The number of rotatable bonds is 4. The van der Waals surface area contributed by atoms with Crippen molar-refractivity contribution in [1.82, 2.24) is 0 Å². The molecule has 110 valence electrons. The van der Waals surface area contributed by atoms with E-state index in [9.17, 15) is 0 Å². The van der Waals surface area contributed by atoms with Gasteiger partial charge in [-0.15, -0.1) is 0 Å². The first-order valence-corrected chi connectivity index (χ1v) is 7.02. The first-order valence-electron chi connectivity index (χ1n) is 7.02. The van der Waals surface area contributed by atoms with Crippen LogP contribution < -0.4 is 0 Å². The van der Waals surface area contributed by atoms with Crippen molar-refractivity contribution < 1.29 is 14.9 Å². The molecule has 0 unspecified atom stereocenters. The summed E-state index contributed by atoms with van der Waals surface area (Å²) >= 11 is 0. The maximum atomic E-state index is 8.09. The van der Waals surface area contributed by atoms with Crippen LogP contribution in [0.3, 0.4) is 0 Å². The zero-order valence-electron chi connectivity index (χ0n) is 11.9. The Bertz CT molecular complexity index is 570. The van der Waals surface area contributed by atoms with Crippen LogP contribution in [0.4, 0.5) is 0 Å². The lowest BCUT2D eigenvalue weighted by Gasteiger charge is -2.00. The van der Waals surface area contributed by atoms with Crippen molar-refractivity contribution in [3.05, 3.63) is 60.7 Å². The molecule has 0 atom stereocenters. The van der Waals surface area contributed by atoms with Crippen LogP contribution in [0.1, 0.15) is 0 Å². The minimum Gasteiger partial charge on any atom is -0.394 e. The highest BCUT2D eigenvalue weighted by Crippen LogP contribution is 2.21. The van der Waals surface area contributed by atoms with Crippen LogP contribution in [0.25, 0.3) is 21.5 Å². The molecule has 0 fully saturated rings. The van der Waals surface area contributed by atoms with Crippen LogP contribution in [-0.4, -0.2) is 36.6 Å². The van der Waals surface area contributed by atoms with Gasteiger partial charge in [-0.05, 0) is 33.7 Å². The summed E-state index contributed by atoms with van der Waals surface area (Å²) in [6.07, 6.45) is 0. The second-order valence-electron chi connectivity index (χ2n) is 4.61. The molecule has 0 aliphatic carbocycles. The number of fused-ring (bicyclic) bond motifs is 2. The highest BCUT2D eigenvalue weighted by Gasteiger charge is 1.95. The molecule has 0 heterocycles. The average molecular weight is 284 g/mol. The van der Waals surface area contributed by atoms with Crippen LogP contribution in [0.15, 0.2) is 60.7 Å². The molecule has 0 aliphatic rings. The van der Waals surface area contributed by atoms with Crippen molar-refractivity contribution in [3.8, 4) is 0 Å². The maximum Gasteiger partial charge on any atom is 0.0698 e. The monoisotopic (exact) mass is 284 g/mol. The SMILES string of the molecule is OCCOCCO.c1ccc2cc3ccccc3cc2c1. The van der Waals surface area contributed by atoms with Crippen molar-refractivity contribution in [2.24, 2.45) is 0 Å². The minimum absolute atomic E-state index is 0.0278. The maximum absolute atomic E-state index is 8.09. The van der Waals surface area contributed by atoms with E-state index >= 15 is 0 Å². The van der Waals surface area contributed by atoms with E-state index in [0.29, 0.717) is 13.2 Å². The van der Waals surface area contributed by atoms with Gasteiger partial charge in [-0.1, -0.05) is 48.5 Å². The molecule has 0 radical (unpaired) electrons. The number of hydrogen-bond acceptors (Lipinski definition) is 3. The first-order chi connectivity index (χ1) is 10.3. The Balaban J connectivity index is 0.000000199. The lowest BCUT2D eigenvalue weighted by atomic mass is 10.0. The summed E-state index contributed by atoms with van der Waals surface area (Å²) in [6.45, 7) is 0.696. The van der Waals surface area contributed by atoms with Crippen molar-refractivity contribution in [2.45, 2.75) is 0 Å². The van der Waals surface area contributed by atoms with Gasteiger partial charge >= 0.3 is 0 Å². The predicted molar refractivity (Wildman–Crippen MR) is 86.4 cm³/mol. The highest BCUT2D eigenvalue weighted by molar-refractivity contribution is 5.98. The fraction of sp³-hybridized carbons (Fsp3) is 0.222. The van der Waals surface area contributed by atoms with Gasteiger partial charge < -0.3 is 14.9 Å². The molecule has 3 aromatic carbocycles. The molecular formula is C18H20O3. The second-order valence-corrected chi connectivity index (χ2v) is 4.61. The average Bonchev–Trinajstić information content (AvgIpc) is 2.54. The number of hydrogen-bond donors (Lipinski definition) is 2. The number of benzene rings is 3. The first kappa shape index (κ1) is 15.4. The molecule has 21 heavy (non-hydrogen) atoms. The molecule has 0 spiro atoms. The Kier molecular flexibility index (Phi) is 6.16. The molecule has 3 rings (SSSR count). The van der Waals surface area contributed by atoms with Gasteiger partial charge in [0.25, 0.3) is 0 Å². The zero-order valence-corrected chi connectivity index (χ0v) is 11.9. The van der Waals surface area contributed by atoms with Gasteiger partial charge in [-0.3, -0.25) is 0 Å². The smallest absolute Gasteiger partial charge is 0.0698 e. The minimum atomic E-state index is 0.0278. The van der Waals surface area contributed by atoms with E-state index in [1.165, 1.54) is 21.5 Å². The number of aliphatic hydroxyl groups excluding tert-OH is 2. The van der Waals surface area contributed by atoms with E-state index in [-0.39, 0.29) is 13.2 Å². The lowest BCUT2D eigenvalue weighted by molar-refractivity contribution is 0.0650. The van der Waals surface area contributed by atoms with Gasteiger partial charge in [0.2, 0.25) is 0 Å². The van der Waals surface area contributed by atoms with Crippen LogP contribution in [0.5, 0.6) is 0 Å². The third-order valence-electron chi connectivity index (χ3n) is 3.09. The van der Waals surface area contributed by atoms with Gasteiger partial charge in [0.1, 0.15) is 0 Å². The normalized spacial score (nSPS) is 10.4. The quantitative estimate of drug-likeness (QED) is 0.572. The number of aliphatic hydroxyl groups is 2. The fourth-order valence-electron chi connectivity index (χ4n) is 2.11. The Morgan fingerprint density at radius 1 is 0.619 bits per heavy atom. The molecule has 3 aromatic rings. The van der Waals surface area contributed by atoms with Gasteiger partial charge in [0.15, 0.2) is 0 Å². The second kappa shape index (κ2) is 8.37. The zero-order chi connectivity index (χ0) is 14.9. The lowest BCUT2D eigenvalue weighted by Crippen LogP contribution is -2.03. The standard InChI is InChI=1S/C14H10.C4H10O3/c1-2-6-12-10-14-8-4-3-7-13(14)9-11(12)5-1;5-1-3-7-4-2-6/h1-10H;5-6H,1-4H2. The van der Waals surface area contributed by atoms with Crippen LogP contribution >= 0.6 is 0 Å². The fourth-order valence-corrected chi connectivity index (χ4v) is 2.11. The van der Waals surface area contributed by atoms with Crippen LogP contribution in [0, 0.1) is 0 Å². The van der Waals surface area contributed by atoms with Crippen molar-refractivity contribution >= 4 is 21.5 Å². The Hall–Kier alpha value is -1.94. The summed E-state index contributed by atoms with van der Waals surface area (Å²) in [5.74, 6) is 0. The Morgan fingerprint density at radius 3 is 1.24 bits per heavy atom. The highest BCUT2D eigenvalue weighted by atomic mass is 16.5. The van der Waals surface area contributed by atoms with Crippen molar-refractivity contribution in [1.29, 1.82) is 0 Å². The molecule has 0 bridgehead atoms. The van der Waals surface area contributed by atoms with E-state index in [4.69, 9.17) is 10.2 Å². The third-order valence-corrected chi connectivity index (χ3v) is 3.09. The molecule has 3 nitrogen and oxygen atoms in total. The van der Waals surface area contributed by atoms with Crippen molar-refractivity contribution in [2.75, 3.05) is 26.4 Å². The van der Waals surface area contributed by atoms with Crippen molar-refractivity contribution in [3.63, 3.8) is 0 Å². The van der Waals surface area contributed by atoms with Gasteiger partial charge in [0.05, 0.1) is 26.4 Å². The summed E-state index contributed by atoms with van der Waals surface area (Å²) < 4.78 is 4.63. The van der Waals surface area contributed by atoms with E-state index < -0.39 is 0 Å². The van der Waals surface area contributed by atoms with Crippen LogP contribution in [-0.2, 0) is 4.74 Å². The molecule has 0 amide bonds. The summed E-state index contributed by atoms with van der Waals surface area (Å²) in [6, 6.07) is 21.4. The van der Waals surface area contributed by atoms with Gasteiger partial charge in [0, 0.05) is 0 Å². The van der Waals surface area contributed by atoms with Gasteiger partial charge in [-0.25, -0.2) is 0 Å².